The van der Waals surface area contributed by atoms with E-state index in [1.807, 2.05) is 49.9 Å². The first-order valence-electron chi connectivity index (χ1n) is 5.23. The summed E-state index contributed by atoms with van der Waals surface area (Å²) >= 11 is 0. The minimum absolute atomic E-state index is 0. The number of benzene rings is 1. The first-order valence-corrected chi connectivity index (χ1v) is 5.23. The van der Waals surface area contributed by atoms with E-state index in [0.29, 0.717) is 0 Å². The molecule has 2 aromatic heterocycles. The fourth-order valence-electron chi connectivity index (χ4n) is 1.94. The SMILES string of the molecule is C[n+]1cn(-c2ccccn2)c2ccccc21.[I-]. The van der Waals surface area contributed by atoms with Crippen LogP contribution in [0, 0.1) is 0 Å². The van der Waals surface area contributed by atoms with Gasteiger partial charge in [0.25, 0.3) is 6.33 Å². The summed E-state index contributed by atoms with van der Waals surface area (Å²) in [5, 5.41) is 0. The van der Waals surface area contributed by atoms with Gasteiger partial charge in [-0.1, -0.05) is 18.2 Å². The van der Waals surface area contributed by atoms with Crippen LogP contribution in [0.5, 0.6) is 0 Å². The van der Waals surface area contributed by atoms with Crippen molar-refractivity contribution in [1.29, 1.82) is 0 Å². The summed E-state index contributed by atoms with van der Waals surface area (Å²) in [6, 6.07) is 14.2. The summed E-state index contributed by atoms with van der Waals surface area (Å²) in [6.07, 6.45) is 3.86. The van der Waals surface area contributed by atoms with Gasteiger partial charge < -0.3 is 24.0 Å². The van der Waals surface area contributed by atoms with Crippen molar-refractivity contribution in [3.63, 3.8) is 0 Å². The van der Waals surface area contributed by atoms with E-state index in [1.54, 1.807) is 0 Å². The quantitative estimate of drug-likeness (QED) is 0.406. The number of rotatable bonds is 1. The maximum atomic E-state index is 4.36. The maximum absolute atomic E-state index is 4.36. The fourth-order valence-corrected chi connectivity index (χ4v) is 1.94. The van der Waals surface area contributed by atoms with Gasteiger partial charge in [0, 0.05) is 12.3 Å². The Morgan fingerprint density at radius 1 is 1.06 bits per heavy atom. The van der Waals surface area contributed by atoms with Crippen LogP contribution >= 0.6 is 0 Å². The highest BCUT2D eigenvalue weighted by atomic mass is 127. The Morgan fingerprint density at radius 3 is 2.59 bits per heavy atom. The Kier molecular flexibility index (Phi) is 3.42. The molecule has 0 fully saturated rings. The van der Waals surface area contributed by atoms with Crippen molar-refractivity contribution in [2.75, 3.05) is 0 Å². The normalized spacial score (nSPS) is 10.2. The van der Waals surface area contributed by atoms with Crippen LogP contribution in [0.4, 0.5) is 0 Å². The van der Waals surface area contributed by atoms with E-state index in [1.165, 1.54) is 11.0 Å². The van der Waals surface area contributed by atoms with Crippen molar-refractivity contribution < 1.29 is 28.5 Å². The van der Waals surface area contributed by atoms with Crippen molar-refractivity contribution in [2.24, 2.45) is 7.05 Å². The molecule has 4 heteroatoms. The molecule has 1 aromatic carbocycles. The van der Waals surface area contributed by atoms with Gasteiger partial charge in [0.15, 0.2) is 11.0 Å². The molecule has 0 saturated carbocycles. The zero-order valence-electron chi connectivity index (χ0n) is 9.42. The third kappa shape index (κ3) is 2.04. The molecule has 17 heavy (non-hydrogen) atoms. The van der Waals surface area contributed by atoms with Crippen LogP contribution in [0.25, 0.3) is 16.9 Å². The van der Waals surface area contributed by atoms with Gasteiger partial charge in [-0.3, -0.25) is 0 Å². The largest absolute Gasteiger partial charge is 1.00 e. The standard InChI is InChI=1S/C13H12N3.HI/c1-15-10-16(13-8-4-5-9-14-13)12-7-3-2-6-11(12)15;/h2-10H,1H3;1H/q+1;/p-1. The third-order valence-corrected chi connectivity index (χ3v) is 2.71. The van der Waals surface area contributed by atoms with Crippen molar-refractivity contribution in [3.8, 4) is 5.82 Å². The van der Waals surface area contributed by atoms with Gasteiger partial charge in [-0.25, -0.2) is 9.55 Å². The Balaban J connectivity index is 0.00000108. The smallest absolute Gasteiger partial charge is 0.251 e. The maximum Gasteiger partial charge on any atom is 0.251 e. The van der Waals surface area contributed by atoms with E-state index < -0.39 is 0 Å². The minimum atomic E-state index is 0. The summed E-state index contributed by atoms with van der Waals surface area (Å²) in [5.41, 5.74) is 2.37. The number of hydrogen-bond donors (Lipinski definition) is 0. The molecule has 0 aliphatic rings. The second-order valence-electron chi connectivity index (χ2n) is 3.77. The van der Waals surface area contributed by atoms with Crippen LogP contribution in [0.15, 0.2) is 55.0 Å². The van der Waals surface area contributed by atoms with E-state index in [0.717, 1.165) is 5.82 Å². The van der Waals surface area contributed by atoms with E-state index in [-0.39, 0.29) is 24.0 Å². The molecule has 3 aromatic rings. The molecule has 0 spiro atoms. The Morgan fingerprint density at radius 2 is 1.82 bits per heavy atom. The molecule has 0 N–H and O–H groups in total. The number of imidazole rings is 1. The summed E-state index contributed by atoms with van der Waals surface area (Å²) < 4.78 is 4.19. The van der Waals surface area contributed by atoms with E-state index >= 15 is 0 Å². The summed E-state index contributed by atoms with van der Waals surface area (Å²) in [6.45, 7) is 0. The summed E-state index contributed by atoms with van der Waals surface area (Å²) in [4.78, 5) is 4.36. The fraction of sp³-hybridized carbons (Fsp3) is 0.0769. The summed E-state index contributed by atoms with van der Waals surface area (Å²) in [5.74, 6) is 0.944. The van der Waals surface area contributed by atoms with Gasteiger partial charge in [0.2, 0.25) is 5.82 Å². The number of nitrogens with zero attached hydrogens (tertiary/aromatic N) is 3. The van der Waals surface area contributed by atoms with Gasteiger partial charge in [-0.15, -0.1) is 0 Å². The molecule has 0 saturated heterocycles. The average molecular weight is 337 g/mol. The van der Waals surface area contributed by atoms with Crippen molar-refractivity contribution in [1.82, 2.24) is 9.55 Å². The first kappa shape index (κ1) is 12.0. The van der Waals surface area contributed by atoms with E-state index in [4.69, 9.17) is 0 Å². The Hall–Kier alpha value is -1.43. The second-order valence-corrected chi connectivity index (χ2v) is 3.77. The first-order chi connectivity index (χ1) is 7.86. The zero-order chi connectivity index (χ0) is 11.0. The van der Waals surface area contributed by atoms with Crippen LogP contribution in [0.1, 0.15) is 0 Å². The lowest BCUT2D eigenvalue weighted by Gasteiger charge is -1.93. The minimum Gasteiger partial charge on any atom is -1.00 e. The number of halogens is 1. The molecule has 3 nitrogen and oxygen atoms in total. The Labute approximate surface area is 117 Å². The molecule has 0 aliphatic heterocycles. The molecular formula is C13H12IN3. The van der Waals surface area contributed by atoms with E-state index in [2.05, 4.69) is 26.3 Å². The predicted octanol–water partition coefficient (Wildman–Crippen LogP) is -1.15. The summed E-state index contributed by atoms with van der Waals surface area (Å²) in [7, 11) is 2.04. The molecule has 0 unspecified atom stereocenters. The average Bonchev–Trinajstić information content (AvgIpc) is 2.69. The monoisotopic (exact) mass is 337 g/mol. The highest BCUT2D eigenvalue weighted by Gasteiger charge is 2.14. The van der Waals surface area contributed by atoms with Crippen molar-refractivity contribution >= 4 is 11.0 Å². The van der Waals surface area contributed by atoms with E-state index in [9.17, 15) is 0 Å². The lowest BCUT2D eigenvalue weighted by atomic mass is 10.3. The number of aryl methyl sites for hydroxylation is 1. The molecular weight excluding hydrogens is 325 g/mol. The van der Waals surface area contributed by atoms with Crippen molar-refractivity contribution in [2.45, 2.75) is 0 Å². The molecule has 3 rings (SSSR count). The number of hydrogen-bond acceptors (Lipinski definition) is 1. The molecule has 86 valence electrons. The molecule has 0 bridgehead atoms. The van der Waals surface area contributed by atoms with Gasteiger partial charge in [0.05, 0.1) is 7.05 Å². The van der Waals surface area contributed by atoms with Crippen LogP contribution < -0.4 is 28.5 Å². The second kappa shape index (κ2) is 4.83. The van der Waals surface area contributed by atoms with Crippen LogP contribution in [-0.2, 0) is 7.05 Å². The number of fused-ring (bicyclic) bond motifs is 1. The van der Waals surface area contributed by atoms with Crippen LogP contribution in [-0.4, -0.2) is 9.55 Å². The molecule has 0 amide bonds. The molecule has 2 heterocycles. The topological polar surface area (TPSA) is 21.7 Å². The Bertz CT molecular complexity index is 631. The molecule has 0 radical (unpaired) electrons. The van der Waals surface area contributed by atoms with Gasteiger partial charge in [0.1, 0.15) is 0 Å². The zero-order valence-corrected chi connectivity index (χ0v) is 11.6. The molecule has 0 atom stereocenters. The third-order valence-electron chi connectivity index (χ3n) is 2.71. The number of pyridine rings is 1. The van der Waals surface area contributed by atoms with Gasteiger partial charge in [-0.2, -0.15) is 4.57 Å². The lowest BCUT2D eigenvalue weighted by Crippen LogP contribution is -3.00. The number of aromatic nitrogens is 3. The molecule has 0 aliphatic carbocycles. The van der Waals surface area contributed by atoms with Crippen molar-refractivity contribution in [3.05, 3.63) is 55.0 Å². The number of para-hydroxylation sites is 2. The van der Waals surface area contributed by atoms with Gasteiger partial charge >= 0.3 is 0 Å². The highest BCUT2D eigenvalue weighted by Crippen LogP contribution is 2.14. The van der Waals surface area contributed by atoms with Crippen LogP contribution in [0.2, 0.25) is 0 Å². The van der Waals surface area contributed by atoms with Gasteiger partial charge in [-0.05, 0) is 18.2 Å². The highest BCUT2D eigenvalue weighted by molar-refractivity contribution is 5.73. The predicted molar refractivity (Wildman–Crippen MR) is 62.2 cm³/mol. The van der Waals surface area contributed by atoms with Crippen LogP contribution in [0.3, 0.4) is 0 Å². The lowest BCUT2D eigenvalue weighted by molar-refractivity contribution is -0.645.